The van der Waals surface area contributed by atoms with Crippen LogP contribution in [0.1, 0.15) is 12.0 Å². The fourth-order valence-electron chi connectivity index (χ4n) is 1.59. The third kappa shape index (κ3) is 6.57. The van der Waals surface area contributed by atoms with Gasteiger partial charge in [-0.2, -0.15) is 24.9 Å². The maximum atomic E-state index is 12.4. The molecular formula is C14H19F3N2O2S. The van der Waals surface area contributed by atoms with Gasteiger partial charge in [0.1, 0.15) is 12.4 Å². The summed E-state index contributed by atoms with van der Waals surface area (Å²) < 4.78 is 42.4. The Kier molecular flexibility index (Phi) is 7.53. The van der Waals surface area contributed by atoms with Gasteiger partial charge in [0, 0.05) is 0 Å². The Bertz CT molecular complexity index is 466. The molecule has 0 unspecified atom stereocenters. The van der Waals surface area contributed by atoms with Gasteiger partial charge in [-0.25, -0.2) is 0 Å². The third-order valence-electron chi connectivity index (χ3n) is 2.82. The number of thioether (sulfide) groups is 1. The lowest BCUT2D eigenvalue weighted by atomic mass is 10.2. The van der Waals surface area contributed by atoms with Crippen molar-refractivity contribution in [1.29, 1.82) is 0 Å². The Hall–Kier alpha value is -1.41. The molecule has 1 rings (SSSR count). The van der Waals surface area contributed by atoms with Crippen LogP contribution in [-0.4, -0.2) is 37.1 Å². The second-order valence-electron chi connectivity index (χ2n) is 4.55. The van der Waals surface area contributed by atoms with Crippen molar-refractivity contribution in [3.63, 3.8) is 0 Å². The summed E-state index contributed by atoms with van der Waals surface area (Å²) in [6, 6.07) is 3.83. The number of hydrogen-bond donors (Lipinski definition) is 2. The summed E-state index contributed by atoms with van der Waals surface area (Å²) in [4.78, 5) is 11.6. The summed E-state index contributed by atoms with van der Waals surface area (Å²) in [5.74, 6) is 0.857. The number of benzene rings is 1. The Labute approximate surface area is 131 Å². The quantitative estimate of drug-likeness (QED) is 0.715. The lowest BCUT2D eigenvalue weighted by Crippen LogP contribution is -2.42. The fourth-order valence-corrected chi connectivity index (χ4v) is 2.08. The van der Waals surface area contributed by atoms with Gasteiger partial charge in [-0.3, -0.25) is 4.79 Å². The van der Waals surface area contributed by atoms with E-state index >= 15 is 0 Å². The van der Waals surface area contributed by atoms with E-state index in [-0.39, 0.29) is 19.1 Å². The van der Waals surface area contributed by atoms with Crippen molar-refractivity contribution in [1.82, 2.24) is 5.32 Å². The molecule has 3 N–H and O–H groups in total. The highest BCUT2D eigenvalue weighted by atomic mass is 32.2. The molecule has 1 atom stereocenters. The molecule has 0 aliphatic carbocycles. The number of rotatable bonds is 8. The van der Waals surface area contributed by atoms with Crippen LogP contribution in [0.2, 0.25) is 0 Å². The highest BCUT2D eigenvalue weighted by molar-refractivity contribution is 7.98. The number of ether oxygens (including phenoxy) is 1. The third-order valence-corrected chi connectivity index (χ3v) is 3.47. The van der Waals surface area contributed by atoms with E-state index in [2.05, 4.69) is 5.32 Å². The summed E-state index contributed by atoms with van der Waals surface area (Å²) in [5, 5.41) is 2.62. The first-order valence-electron chi connectivity index (χ1n) is 6.67. The Morgan fingerprint density at radius 3 is 2.55 bits per heavy atom. The highest BCUT2D eigenvalue weighted by Gasteiger charge is 2.29. The van der Waals surface area contributed by atoms with Crippen LogP contribution in [0, 0.1) is 0 Å². The average Bonchev–Trinajstić information content (AvgIpc) is 2.48. The molecule has 0 bridgehead atoms. The SMILES string of the molecule is CSCC[C@H](N)C(=O)NCCOc1ccc(C(F)(F)F)cc1. The molecule has 1 aromatic rings. The van der Waals surface area contributed by atoms with Crippen LogP contribution in [0.3, 0.4) is 0 Å². The van der Waals surface area contributed by atoms with Crippen molar-refractivity contribution < 1.29 is 22.7 Å². The molecule has 0 fully saturated rings. The van der Waals surface area contributed by atoms with Crippen LogP contribution in [0.15, 0.2) is 24.3 Å². The molecule has 124 valence electrons. The highest BCUT2D eigenvalue weighted by Crippen LogP contribution is 2.30. The molecular weight excluding hydrogens is 317 g/mol. The van der Waals surface area contributed by atoms with E-state index in [4.69, 9.17) is 10.5 Å². The summed E-state index contributed by atoms with van der Waals surface area (Å²) in [6.45, 7) is 0.402. The van der Waals surface area contributed by atoms with E-state index in [1.807, 2.05) is 6.26 Å². The Morgan fingerprint density at radius 2 is 2.00 bits per heavy atom. The minimum absolute atomic E-state index is 0.159. The first kappa shape index (κ1) is 18.6. The number of hydrogen-bond acceptors (Lipinski definition) is 4. The standard InChI is InChI=1S/C14H19F3N2O2S/c1-22-9-6-12(18)13(20)19-7-8-21-11-4-2-10(3-5-11)14(15,16)17/h2-5,12H,6-9,18H2,1H3,(H,19,20)/t12-/m0/s1. The van der Waals surface area contributed by atoms with Gasteiger partial charge >= 0.3 is 6.18 Å². The van der Waals surface area contributed by atoms with Crippen LogP contribution in [0.4, 0.5) is 13.2 Å². The normalized spacial score (nSPS) is 12.8. The topological polar surface area (TPSA) is 64.4 Å². The second-order valence-corrected chi connectivity index (χ2v) is 5.54. The van der Waals surface area contributed by atoms with Crippen molar-refractivity contribution in [2.45, 2.75) is 18.6 Å². The molecule has 0 radical (unpaired) electrons. The van der Waals surface area contributed by atoms with Gasteiger partial charge in [-0.05, 0) is 42.7 Å². The minimum Gasteiger partial charge on any atom is -0.492 e. The van der Waals surface area contributed by atoms with Crippen LogP contribution in [-0.2, 0) is 11.0 Å². The van der Waals surface area contributed by atoms with Crippen LogP contribution < -0.4 is 15.8 Å². The molecule has 22 heavy (non-hydrogen) atoms. The van der Waals surface area contributed by atoms with E-state index in [0.29, 0.717) is 12.2 Å². The molecule has 8 heteroatoms. The second kappa shape index (κ2) is 8.89. The smallest absolute Gasteiger partial charge is 0.416 e. The van der Waals surface area contributed by atoms with Gasteiger partial charge in [0.05, 0.1) is 18.2 Å². The maximum Gasteiger partial charge on any atom is 0.416 e. The fraction of sp³-hybridized carbons (Fsp3) is 0.500. The van der Waals surface area contributed by atoms with E-state index in [0.717, 1.165) is 17.9 Å². The van der Waals surface area contributed by atoms with Gasteiger partial charge in [0.2, 0.25) is 5.91 Å². The zero-order valence-electron chi connectivity index (χ0n) is 12.2. The molecule has 0 aliphatic rings. The first-order valence-corrected chi connectivity index (χ1v) is 8.06. The summed E-state index contributed by atoms with van der Waals surface area (Å²) in [5.41, 5.74) is 4.95. The molecule has 0 saturated heterocycles. The van der Waals surface area contributed by atoms with Crippen molar-refractivity contribution in [2.24, 2.45) is 5.73 Å². The average molecular weight is 336 g/mol. The van der Waals surface area contributed by atoms with E-state index in [9.17, 15) is 18.0 Å². The van der Waals surface area contributed by atoms with Crippen molar-refractivity contribution in [3.8, 4) is 5.75 Å². The summed E-state index contributed by atoms with van der Waals surface area (Å²) in [6.07, 6.45) is -1.84. The zero-order valence-corrected chi connectivity index (χ0v) is 13.0. The first-order chi connectivity index (χ1) is 10.3. The number of alkyl halides is 3. The molecule has 0 heterocycles. The van der Waals surface area contributed by atoms with Gasteiger partial charge in [0.25, 0.3) is 0 Å². The van der Waals surface area contributed by atoms with Crippen molar-refractivity contribution >= 4 is 17.7 Å². The van der Waals surface area contributed by atoms with Gasteiger partial charge in [-0.15, -0.1) is 0 Å². The van der Waals surface area contributed by atoms with Gasteiger partial charge < -0.3 is 15.8 Å². The molecule has 0 spiro atoms. The number of halogens is 3. The van der Waals surface area contributed by atoms with Crippen molar-refractivity contribution in [3.05, 3.63) is 29.8 Å². The predicted molar refractivity (Wildman–Crippen MR) is 80.9 cm³/mol. The largest absolute Gasteiger partial charge is 0.492 e. The summed E-state index contributed by atoms with van der Waals surface area (Å²) >= 11 is 1.61. The van der Waals surface area contributed by atoms with Crippen LogP contribution in [0.25, 0.3) is 0 Å². The lowest BCUT2D eigenvalue weighted by Gasteiger charge is -2.12. The number of nitrogens with two attached hydrogens (primary N) is 1. The molecule has 0 aromatic heterocycles. The zero-order chi connectivity index (χ0) is 16.6. The number of amides is 1. The predicted octanol–water partition coefficient (Wildman–Crippen LogP) is 2.28. The molecule has 0 aliphatic heterocycles. The number of nitrogens with one attached hydrogen (secondary N) is 1. The molecule has 1 aromatic carbocycles. The van der Waals surface area contributed by atoms with E-state index < -0.39 is 17.8 Å². The molecule has 1 amide bonds. The van der Waals surface area contributed by atoms with Gasteiger partial charge in [-0.1, -0.05) is 0 Å². The minimum atomic E-state index is -4.36. The Morgan fingerprint density at radius 1 is 1.36 bits per heavy atom. The number of carbonyl (C=O) groups excluding carboxylic acids is 1. The van der Waals surface area contributed by atoms with E-state index in [1.54, 1.807) is 11.8 Å². The van der Waals surface area contributed by atoms with Gasteiger partial charge in [0.15, 0.2) is 0 Å². The number of carbonyl (C=O) groups is 1. The molecule has 0 saturated carbocycles. The van der Waals surface area contributed by atoms with Crippen molar-refractivity contribution in [2.75, 3.05) is 25.2 Å². The monoisotopic (exact) mass is 336 g/mol. The van der Waals surface area contributed by atoms with Crippen LogP contribution >= 0.6 is 11.8 Å². The molecule has 4 nitrogen and oxygen atoms in total. The summed E-state index contributed by atoms with van der Waals surface area (Å²) in [7, 11) is 0. The van der Waals surface area contributed by atoms with Crippen LogP contribution in [0.5, 0.6) is 5.75 Å². The lowest BCUT2D eigenvalue weighted by molar-refractivity contribution is -0.137. The maximum absolute atomic E-state index is 12.4. The van der Waals surface area contributed by atoms with E-state index in [1.165, 1.54) is 12.1 Å². The Balaban J connectivity index is 2.28.